The molecule has 0 spiro atoms. The molecule has 0 atom stereocenters. The summed E-state index contributed by atoms with van der Waals surface area (Å²) in [5, 5.41) is 8.92. The molecule has 0 aliphatic carbocycles. The average Bonchev–Trinajstić information content (AvgIpc) is 2.70. The number of carbonyl (C=O) groups excluding carboxylic acids is 2. The Balaban J connectivity index is 1.71. The van der Waals surface area contributed by atoms with E-state index in [2.05, 4.69) is 0 Å². The van der Waals surface area contributed by atoms with Crippen molar-refractivity contribution in [3.63, 3.8) is 0 Å². The molecule has 1 aliphatic rings. The van der Waals surface area contributed by atoms with Gasteiger partial charge in [-0.15, -0.1) is 0 Å². The van der Waals surface area contributed by atoms with E-state index in [0.29, 0.717) is 31.5 Å². The zero-order chi connectivity index (χ0) is 18.4. The second-order valence-electron chi connectivity index (χ2n) is 6.32. The van der Waals surface area contributed by atoms with Crippen LogP contribution in [0.2, 0.25) is 0 Å². The molecule has 1 fully saturated rings. The van der Waals surface area contributed by atoms with Crippen LogP contribution in [0.4, 0.5) is 5.69 Å². The molecule has 1 heterocycles. The molecule has 1 aliphatic heterocycles. The van der Waals surface area contributed by atoms with Crippen LogP contribution in [0.3, 0.4) is 0 Å². The van der Waals surface area contributed by atoms with Gasteiger partial charge in [-0.1, -0.05) is 36.4 Å². The van der Waals surface area contributed by atoms with Crippen LogP contribution in [-0.4, -0.2) is 35.8 Å². The molecule has 1 saturated heterocycles. The maximum Gasteiger partial charge on any atom is 0.253 e. The fraction of sp³-hybridized carbons (Fsp3) is 0.286. The van der Waals surface area contributed by atoms with Gasteiger partial charge in [0, 0.05) is 30.4 Å². The predicted molar refractivity (Wildman–Crippen MR) is 99.5 cm³/mol. The van der Waals surface area contributed by atoms with E-state index in [4.69, 9.17) is 5.26 Å². The van der Waals surface area contributed by atoms with Crippen LogP contribution in [0.15, 0.2) is 60.7 Å². The number of benzene rings is 2. The minimum atomic E-state index is -0.188. The van der Waals surface area contributed by atoms with Crippen LogP contribution in [-0.2, 0) is 4.79 Å². The highest BCUT2D eigenvalue weighted by molar-refractivity contribution is 5.96. The third-order valence-electron chi connectivity index (χ3n) is 4.67. The standard InChI is InChI=1S/C21H21N3O2/c22-14-11-20(25)24(18-9-5-2-6-10-18)19-12-15-23(16-13-19)21(26)17-7-3-1-4-8-17/h1-10,19H,11-13,15-16H2. The van der Waals surface area contributed by atoms with E-state index in [0.717, 1.165) is 5.69 Å². The van der Waals surface area contributed by atoms with Crippen molar-refractivity contribution >= 4 is 17.5 Å². The molecule has 0 bridgehead atoms. The summed E-state index contributed by atoms with van der Waals surface area (Å²) >= 11 is 0. The maximum atomic E-state index is 12.6. The van der Waals surface area contributed by atoms with E-state index in [-0.39, 0.29) is 24.3 Å². The van der Waals surface area contributed by atoms with Crippen molar-refractivity contribution in [3.8, 4) is 6.07 Å². The van der Waals surface area contributed by atoms with Crippen LogP contribution >= 0.6 is 0 Å². The van der Waals surface area contributed by atoms with Gasteiger partial charge >= 0.3 is 0 Å². The normalized spacial score (nSPS) is 14.5. The second-order valence-corrected chi connectivity index (χ2v) is 6.32. The lowest BCUT2D eigenvalue weighted by Crippen LogP contribution is -2.49. The van der Waals surface area contributed by atoms with Crippen molar-refractivity contribution in [3.05, 3.63) is 66.2 Å². The molecular weight excluding hydrogens is 326 g/mol. The van der Waals surface area contributed by atoms with Crippen molar-refractivity contribution in [1.29, 1.82) is 5.26 Å². The zero-order valence-electron chi connectivity index (χ0n) is 14.5. The molecule has 5 nitrogen and oxygen atoms in total. The first-order chi connectivity index (χ1) is 12.7. The molecule has 0 N–H and O–H groups in total. The Bertz CT molecular complexity index is 791. The number of nitrogens with zero attached hydrogens (tertiary/aromatic N) is 3. The van der Waals surface area contributed by atoms with Crippen molar-refractivity contribution in [2.45, 2.75) is 25.3 Å². The summed E-state index contributed by atoms with van der Waals surface area (Å²) in [6, 6.07) is 20.6. The van der Waals surface area contributed by atoms with E-state index in [1.54, 1.807) is 4.90 Å². The minimum Gasteiger partial charge on any atom is -0.338 e. The third-order valence-corrected chi connectivity index (χ3v) is 4.67. The Labute approximate surface area is 153 Å². The fourth-order valence-corrected chi connectivity index (χ4v) is 3.39. The first kappa shape index (κ1) is 17.7. The van der Waals surface area contributed by atoms with Gasteiger partial charge in [0.15, 0.2) is 0 Å². The van der Waals surface area contributed by atoms with Crippen molar-refractivity contribution in [2.24, 2.45) is 0 Å². The molecule has 0 aromatic heterocycles. The van der Waals surface area contributed by atoms with Gasteiger partial charge in [0.05, 0.1) is 6.07 Å². The van der Waals surface area contributed by atoms with E-state index in [1.807, 2.05) is 71.6 Å². The average molecular weight is 347 g/mol. The molecule has 0 saturated carbocycles. The first-order valence-corrected chi connectivity index (χ1v) is 8.79. The Hall–Kier alpha value is -3.13. The maximum absolute atomic E-state index is 12.6. The molecule has 5 heteroatoms. The quantitative estimate of drug-likeness (QED) is 0.853. The van der Waals surface area contributed by atoms with Crippen molar-refractivity contribution in [1.82, 2.24) is 4.90 Å². The Kier molecular flexibility index (Phi) is 5.65. The summed E-state index contributed by atoms with van der Waals surface area (Å²) in [6.45, 7) is 1.20. The van der Waals surface area contributed by atoms with E-state index in [1.165, 1.54) is 0 Å². The van der Waals surface area contributed by atoms with Crippen LogP contribution in [0.25, 0.3) is 0 Å². The largest absolute Gasteiger partial charge is 0.338 e. The van der Waals surface area contributed by atoms with Gasteiger partial charge in [-0.2, -0.15) is 5.26 Å². The monoisotopic (exact) mass is 347 g/mol. The number of carbonyl (C=O) groups is 2. The lowest BCUT2D eigenvalue weighted by Gasteiger charge is -2.38. The first-order valence-electron chi connectivity index (χ1n) is 8.79. The molecular formula is C21H21N3O2. The number of likely N-dealkylation sites (tertiary alicyclic amines) is 1. The third kappa shape index (κ3) is 3.92. The van der Waals surface area contributed by atoms with Gasteiger partial charge in [-0.25, -0.2) is 0 Å². The number of para-hydroxylation sites is 1. The lowest BCUT2D eigenvalue weighted by atomic mass is 10.0. The van der Waals surface area contributed by atoms with Gasteiger partial charge in [-0.05, 0) is 37.1 Å². The molecule has 2 aromatic rings. The second kappa shape index (κ2) is 8.30. The highest BCUT2D eigenvalue weighted by Gasteiger charge is 2.30. The van der Waals surface area contributed by atoms with Gasteiger partial charge in [0.25, 0.3) is 5.91 Å². The van der Waals surface area contributed by atoms with E-state index >= 15 is 0 Å². The van der Waals surface area contributed by atoms with Gasteiger partial charge in [0.2, 0.25) is 5.91 Å². The number of hydrogen-bond acceptors (Lipinski definition) is 3. The Morgan fingerprint density at radius 1 is 1.00 bits per heavy atom. The van der Waals surface area contributed by atoms with Crippen LogP contribution in [0.5, 0.6) is 0 Å². The molecule has 132 valence electrons. The van der Waals surface area contributed by atoms with Crippen molar-refractivity contribution < 1.29 is 9.59 Å². The Morgan fingerprint density at radius 3 is 2.15 bits per heavy atom. The summed E-state index contributed by atoms with van der Waals surface area (Å²) in [6.07, 6.45) is 1.26. The van der Waals surface area contributed by atoms with Gasteiger partial charge in [-0.3, -0.25) is 9.59 Å². The fourth-order valence-electron chi connectivity index (χ4n) is 3.39. The van der Waals surface area contributed by atoms with E-state index in [9.17, 15) is 9.59 Å². The van der Waals surface area contributed by atoms with Crippen LogP contribution in [0, 0.1) is 11.3 Å². The number of hydrogen-bond donors (Lipinski definition) is 0. The summed E-state index contributed by atoms with van der Waals surface area (Å²) in [5.74, 6) is -0.162. The summed E-state index contributed by atoms with van der Waals surface area (Å²) in [7, 11) is 0. The summed E-state index contributed by atoms with van der Waals surface area (Å²) < 4.78 is 0. The molecule has 3 rings (SSSR count). The summed E-state index contributed by atoms with van der Waals surface area (Å²) in [4.78, 5) is 28.7. The highest BCUT2D eigenvalue weighted by atomic mass is 16.2. The number of piperidine rings is 1. The summed E-state index contributed by atoms with van der Waals surface area (Å²) in [5.41, 5.74) is 1.49. The number of anilines is 1. The SMILES string of the molecule is N#CCC(=O)N(c1ccccc1)C1CCN(C(=O)c2ccccc2)CC1. The highest BCUT2D eigenvalue weighted by Crippen LogP contribution is 2.25. The minimum absolute atomic E-state index is 0.00178. The van der Waals surface area contributed by atoms with Gasteiger partial charge < -0.3 is 9.80 Å². The van der Waals surface area contributed by atoms with Crippen molar-refractivity contribution in [2.75, 3.05) is 18.0 Å². The molecule has 2 amide bonds. The number of amides is 2. The van der Waals surface area contributed by atoms with Crippen LogP contribution < -0.4 is 4.90 Å². The topological polar surface area (TPSA) is 64.4 Å². The molecule has 2 aromatic carbocycles. The lowest BCUT2D eigenvalue weighted by molar-refractivity contribution is -0.118. The predicted octanol–water partition coefficient (Wildman–Crippen LogP) is 3.24. The van der Waals surface area contributed by atoms with E-state index < -0.39 is 0 Å². The molecule has 0 unspecified atom stereocenters. The molecule has 0 radical (unpaired) electrons. The smallest absolute Gasteiger partial charge is 0.253 e. The number of nitriles is 1. The zero-order valence-corrected chi connectivity index (χ0v) is 14.5. The number of rotatable bonds is 4. The van der Waals surface area contributed by atoms with Crippen LogP contribution in [0.1, 0.15) is 29.6 Å². The Morgan fingerprint density at radius 2 is 1.58 bits per heavy atom. The molecule has 26 heavy (non-hydrogen) atoms. The van der Waals surface area contributed by atoms with Gasteiger partial charge in [0.1, 0.15) is 6.42 Å².